The Morgan fingerprint density at radius 3 is 2.67 bits per heavy atom. The van der Waals surface area contributed by atoms with Gasteiger partial charge in [-0.2, -0.15) is 0 Å². The quantitative estimate of drug-likeness (QED) is 0.548. The SMILES string of the molecule is CCNC(=NCc1ccccc1CN1CCOCC1)NC1CCS(=O)(=O)C1. The van der Waals surface area contributed by atoms with Crippen LogP contribution in [0, 0.1) is 0 Å². The fourth-order valence-corrected chi connectivity index (χ4v) is 5.13. The molecule has 7 nitrogen and oxygen atoms in total. The lowest BCUT2D eigenvalue weighted by Gasteiger charge is -2.27. The van der Waals surface area contributed by atoms with Gasteiger partial charge in [0.05, 0.1) is 31.3 Å². The molecule has 150 valence electrons. The highest BCUT2D eigenvalue weighted by Crippen LogP contribution is 2.15. The fourth-order valence-electron chi connectivity index (χ4n) is 3.45. The molecule has 0 bridgehead atoms. The number of hydrogen-bond acceptors (Lipinski definition) is 5. The van der Waals surface area contributed by atoms with Gasteiger partial charge in [0.1, 0.15) is 0 Å². The average molecular weight is 395 g/mol. The summed E-state index contributed by atoms with van der Waals surface area (Å²) in [5, 5.41) is 6.50. The normalized spacial score (nSPS) is 23.3. The third-order valence-corrected chi connectivity index (χ3v) is 6.71. The number of nitrogens with zero attached hydrogens (tertiary/aromatic N) is 2. The highest BCUT2D eigenvalue weighted by atomic mass is 32.2. The zero-order valence-electron chi connectivity index (χ0n) is 16.0. The second-order valence-electron chi connectivity index (χ2n) is 7.10. The molecule has 3 rings (SSSR count). The third-order valence-electron chi connectivity index (χ3n) is 4.94. The van der Waals surface area contributed by atoms with E-state index in [0.717, 1.165) is 39.4 Å². The maximum absolute atomic E-state index is 11.7. The molecule has 2 heterocycles. The molecule has 0 aliphatic carbocycles. The molecular weight excluding hydrogens is 364 g/mol. The second-order valence-corrected chi connectivity index (χ2v) is 9.33. The van der Waals surface area contributed by atoms with E-state index >= 15 is 0 Å². The average Bonchev–Trinajstić information content (AvgIpc) is 3.00. The molecule has 0 spiro atoms. The first kappa shape index (κ1) is 20.1. The van der Waals surface area contributed by atoms with Crippen LogP contribution in [0.5, 0.6) is 0 Å². The van der Waals surface area contributed by atoms with Gasteiger partial charge in [-0.25, -0.2) is 13.4 Å². The number of rotatable bonds is 6. The van der Waals surface area contributed by atoms with Gasteiger partial charge in [-0.3, -0.25) is 4.90 Å². The third kappa shape index (κ3) is 6.19. The minimum atomic E-state index is -2.91. The van der Waals surface area contributed by atoms with E-state index in [9.17, 15) is 8.42 Å². The van der Waals surface area contributed by atoms with Crippen LogP contribution in [0.2, 0.25) is 0 Å². The number of benzene rings is 1. The highest BCUT2D eigenvalue weighted by Gasteiger charge is 2.28. The van der Waals surface area contributed by atoms with Gasteiger partial charge in [-0.1, -0.05) is 24.3 Å². The number of ether oxygens (including phenoxy) is 1. The Morgan fingerprint density at radius 2 is 2.00 bits per heavy atom. The molecule has 1 atom stereocenters. The Bertz CT molecular complexity index is 745. The summed E-state index contributed by atoms with van der Waals surface area (Å²) < 4.78 is 28.8. The first-order chi connectivity index (χ1) is 13.1. The lowest BCUT2D eigenvalue weighted by molar-refractivity contribution is 0.0341. The molecule has 1 aromatic carbocycles. The van der Waals surface area contributed by atoms with Gasteiger partial charge < -0.3 is 15.4 Å². The van der Waals surface area contributed by atoms with E-state index in [1.54, 1.807) is 0 Å². The van der Waals surface area contributed by atoms with Crippen LogP contribution in [-0.4, -0.2) is 69.7 Å². The second kappa shape index (κ2) is 9.52. The van der Waals surface area contributed by atoms with Crippen LogP contribution in [0.1, 0.15) is 24.5 Å². The van der Waals surface area contributed by atoms with E-state index in [1.807, 2.05) is 13.0 Å². The van der Waals surface area contributed by atoms with Gasteiger partial charge >= 0.3 is 0 Å². The number of nitrogens with one attached hydrogen (secondary N) is 2. The van der Waals surface area contributed by atoms with Gasteiger partial charge in [-0.15, -0.1) is 0 Å². The van der Waals surface area contributed by atoms with Crippen molar-refractivity contribution in [1.29, 1.82) is 0 Å². The molecule has 0 saturated carbocycles. The summed E-state index contributed by atoms with van der Waals surface area (Å²) in [6, 6.07) is 8.32. The van der Waals surface area contributed by atoms with Crippen LogP contribution >= 0.6 is 0 Å². The van der Waals surface area contributed by atoms with Crippen LogP contribution in [-0.2, 0) is 27.7 Å². The summed E-state index contributed by atoms with van der Waals surface area (Å²) in [5.41, 5.74) is 2.47. The standard InChI is InChI=1S/C19H30N4O3S/c1-2-20-19(22-18-7-12-27(24,25)15-18)21-13-16-5-3-4-6-17(16)14-23-8-10-26-11-9-23/h3-6,18H,2,7-15H2,1H3,(H2,20,21,22). The van der Waals surface area contributed by atoms with Gasteiger partial charge in [0.15, 0.2) is 15.8 Å². The minimum Gasteiger partial charge on any atom is -0.379 e. The van der Waals surface area contributed by atoms with E-state index < -0.39 is 9.84 Å². The number of hydrogen-bond donors (Lipinski definition) is 2. The van der Waals surface area contributed by atoms with E-state index in [1.165, 1.54) is 11.1 Å². The highest BCUT2D eigenvalue weighted by molar-refractivity contribution is 7.91. The summed E-state index contributed by atoms with van der Waals surface area (Å²) in [7, 11) is -2.91. The summed E-state index contributed by atoms with van der Waals surface area (Å²) in [6.45, 7) is 7.71. The molecule has 0 aromatic heterocycles. The van der Waals surface area contributed by atoms with E-state index in [2.05, 4.69) is 33.7 Å². The van der Waals surface area contributed by atoms with E-state index in [0.29, 0.717) is 18.9 Å². The predicted octanol–water partition coefficient (Wildman–Crippen LogP) is 0.761. The lowest BCUT2D eigenvalue weighted by Crippen LogP contribution is -2.44. The number of guanidine groups is 1. The molecule has 1 unspecified atom stereocenters. The van der Waals surface area contributed by atoms with Crippen LogP contribution in [0.25, 0.3) is 0 Å². The van der Waals surface area contributed by atoms with Gasteiger partial charge in [0.25, 0.3) is 0 Å². The molecule has 0 amide bonds. The maximum atomic E-state index is 11.7. The summed E-state index contributed by atoms with van der Waals surface area (Å²) in [6.07, 6.45) is 0.639. The van der Waals surface area contributed by atoms with Crippen LogP contribution in [0.3, 0.4) is 0 Å². The van der Waals surface area contributed by atoms with Crippen molar-refractivity contribution in [3.05, 3.63) is 35.4 Å². The Kier molecular flexibility index (Phi) is 7.09. The van der Waals surface area contributed by atoms with Crippen LogP contribution < -0.4 is 10.6 Å². The first-order valence-electron chi connectivity index (χ1n) is 9.68. The van der Waals surface area contributed by atoms with Crippen molar-refractivity contribution in [2.24, 2.45) is 4.99 Å². The Labute approximate surface area is 162 Å². The molecule has 2 saturated heterocycles. The number of sulfone groups is 1. The van der Waals surface area contributed by atoms with Crippen LogP contribution in [0.15, 0.2) is 29.3 Å². The van der Waals surface area contributed by atoms with Crippen molar-refractivity contribution in [2.45, 2.75) is 32.5 Å². The fraction of sp³-hybridized carbons (Fsp3) is 0.632. The molecule has 0 radical (unpaired) electrons. The summed E-state index contributed by atoms with van der Waals surface area (Å²) in [5.74, 6) is 1.12. The van der Waals surface area contributed by atoms with Crippen molar-refractivity contribution < 1.29 is 13.2 Å². The molecule has 1 aromatic rings. The molecule has 8 heteroatoms. The van der Waals surface area contributed by atoms with Crippen molar-refractivity contribution in [3.8, 4) is 0 Å². The summed E-state index contributed by atoms with van der Waals surface area (Å²) >= 11 is 0. The first-order valence-corrected chi connectivity index (χ1v) is 11.5. The molecule has 2 aliphatic rings. The van der Waals surface area contributed by atoms with Crippen molar-refractivity contribution in [3.63, 3.8) is 0 Å². The zero-order chi connectivity index (χ0) is 19.1. The molecular formula is C19H30N4O3S. The summed E-state index contributed by atoms with van der Waals surface area (Å²) in [4.78, 5) is 7.11. The van der Waals surface area contributed by atoms with Crippen LogP contribution in [0.4, 0.5) is 0 Å². The number of aliphatic imine (C=N–C) groups is 1. The Hall–Kier alpha value is -1.64. The minimum absolute atomic E-state index is 0.0589. The Balaban J connectivity index is 1.65. The molecule has 2 aliphatic heterocycles. The van der Waals surface area contributed by atoms with Gasteiger partial charge in [0.2, 0.25) is 0 Å². The Morgan fingerprint density at radius 1 is 1.26 bits per heavy atom. The van der Waals surface area contributed by atoms with Crippen molar-refractivity contribution >= 4 is 15.8 Å². The molecule has 2 fully saturated rings. The maximum Gasteiger partial charge on any atom is 0.191 e. The molecule has 2 N–H and O–H groups in total. The molecule has 27 heavy (non-hydrogen) atoms. The zero-order valence-corrected chi connectivity index (χ0v) is 16.8. The van der Waals surface area contributed by atoms with E-state index in [-0.39, 0.29) is 17.5 Å². The van der Waals surface area contributed by atoms with Gasteiger partial charge in [-0.05, 0) is 24.5 Å². The van der Waals surface area contributed by atoms with Crippen molar-refractivity contribution in [1.82, 2.24) is 15.5 Å². The van der Waals surface area contributed by atoms with Gasteiger partial charge in [0, 0.05) is 32.2 Å². The largest absolute Gasteiger partial charge is 0.379 e. The van der Waals surface area contributed by atoms with E-state index in [4.69, 9.17) is 9.73 Å². The predicted molar refractivity (Wildman–Crippen MR) is 108 cm³/mol. The smallest absolute Gasteiger partial charge is 0.191 e. The topological polar surface area (TPSA) is 83.0 Å². The number of morpholine rings is 1. The van der Waals surface area contributed by atoms with Crippen molar-refractivity contribution in [2.75, 3.05) is 44.4 Å². The lowest BCUT2D eigenvalue weighted by atomic mass is 10.1. The monoisotopic (exact) mass is 394 g/mol.